The van der Waals surface area contributed by atoms with Gasteiger partial charge in [0.15, 0.2) is 27.3 Å². The SMILES string of the molecule is CNC(c1cc(F)c(F)c(F)c1)C1CCS(=O)(=O)C1. The van der Waals surface area contributed by atoms with Gasteiger partial charge in [0.05, 0.1) is 11.5 Å². The minimum Gasteiger partial charge on any atom is -0.313 e. The molecule has 2 rings (SSSR count). The molecule has 0 aliphatic carbocycles. The van der Waals surface area contributed by atoms with E-state index in [0.717, 1.165) is 12.1 Å². The predicted molar refractivity (Wildman–Crippen MR) is 64.9 cm³/mol. The lowest BCUT2D eigenvalue weighted by Gasteiger charge is -2.22. The molecule has 0 spiro atoms. The van der Waals surface area contributed by atoms with Crippen LogP contribution < -0.4 is 5.32 Å². The number of sulfone groups is 1. The van der Waals surface area contributed by atoms with Crippen molar-refractivity contribution in [3.63, 3.8) is 0 Å². The zero-order chi connectivity index (χ0) is 14.2. The van der Waals surface area contributed by atoms with Crippen molar-refractivity contribution in [1.82, 2.24) is 5.32 Å². The molecule has 1 N–H and O–H groups in total. The first kappa shape index (κ1) is 14.3. The topological polar surface area (TPSA) is 46.2 Å². The Morgan fingerprint density at radius 1 is 1.26 bits per heavy atom. The third-order valence-corrected chi connectivity index (χ3v) is 5.21. The summed E-state index contributed by atoms with van der Waals surface area (Å²) in [6, 6.07) is 1.30. The van der Waals surface area contributed by atoms with Crippen molar-refractivity contribution in [1.29, 1.82) is 0 Å². The van der Waals surface area contributed by atoms with Crippen LogP contribution in [0.5, 0.6) is 0 Å². The highest BCUT2D eigenvalue weighted by atomic mass is 32.2. The molecule has 7 heteroatoms. The fourth-order valence-corrected chi connectivity index (χ4v) is 4.36. The van der Waals surface area contributed by atoms with Crippen LogP contribution in [-0.4, -0.2) is 27.0 Å². The Balaban J connectivity index is 2.33. The van der Waals surface area contributed by atoms with Gasteiger partial charge < -0.3 is 5.32 Å². The third kappa shape index (κ3) is 2.92. The van der Waals surface area contributed by atoms with Gasteiger partial charge in [-0.2, -0.15) is 0 Å². The summed E-state index contributed by atoms with van der Waals surface area (Å²) in [7, 11) is -1.51. The molecule has 1 aliphatic heterocycles. The smallest absolute Gasteiger partial charge is 0.194 e. The maximum absolute atomic E-state index is 13.2. The molecule has 1 aromatic rings. The molecule has 1 fully saturated rings. The Morgan fingerprint density at radius 3 is 2.26 bits per heavy atom. The Bertz CT molecular complexity index is 566. The van der Waals surface area contributed by atoms with Gasteiger partial charge in [0.1, 0.15) is 0 Å². The van der Waals surface area contributed by atoms with Crippen molar-refractivity contribution in [3.8, 4) is 0 Å². The number of benzene rings is 1. The van der Waals surface area contributed by atoms with E-state index < -0.39 is 33.3 Å². The molecule has 0 amide bonds. The summed E-state index contributed by atoms with van der Waals surface area (Å²) < 4.78 is 62.2. The Hall–Kier alpha value is -1.08. The molecule has 1 saturated heterocycles. The Morgan fingerprint density at radius 2 is 1.84 bits per heavy atom. The van der Waals surface area contributed by atoms with E-state index in [9.17, 15) is 21.6 Å². The van der Waals surface area contributed by atoms with E-state index in [-0.39, 0.29) is 23.0 Å². The van der Waals surface area contributed by atoms with E-state index in [1.807, 2.05) is 0 Å². The van der Waals surface area contributed by atoms with Gasteiger partial charge in [0, 0.05) is 6.04 Å². The van der Waals surface area contributed by atoms with Crippen molar-refractivity contribution in [2.45, 2.75) is 12.5 Å². The standard InChI is InChI=1S/C12H14F3NO2S/c1-16-12(7-2-3-19(17,18)6-7)8-4-9(13)11(15)10(14)5-8/h4-5,7,12,16H,2-3,6H2,1H3. The van der Waals surface area contributed by atoms with Crippen LogP contribution in [0, 0.1) is 23.4 Å². The van der Waals surface area contributed by atoms with Crippen LogP contribution in [0.2, 0.25) is 0 Å². The normalized spacial score (nSPS) is 23.5. The molecule has 2 unspecified atom stereocenters. The van der Waals surface area contributed by atoms with Gasteiger partial charge >= 0.3 is 0 Å². The second-order valence-corrected chi connectivity index (χ2v) is 6.96. The summed E-state index contributed by atoms with van der Waals surface area (Å²) in [5.74, 6) is -4.27. The molecule has 2 atom stereocenters. The quantitative estimate of drug-likeness (QED) is 0.864. The zero-order valence-electron chi connectivity index (χ0n) is 10.3. The first-order chi connectivity index (χ1) is 8.84. The summed E-state index contributed by atoms with van der Waals surface area (Å²) in [6.45, 7) is 0. The molecule has 1 aliphatic rings. The molecule has 0 aromatic heterocycles. The maximum Gasteiger partial charge on any atom is 0.194 e. The average Bonchev–Trinajstić information content (AvgIpc) is 2.67. The number of hydrogen-bond donors (Lipinski definition) is 1. The van der Waals surface area contributed by atoms with Gasteiger partial charge in [-0.3, -0.25) is 0 Å². The van der Waals surface area contributed by atoms with Crippen molar-refractivity contribution in [2.24, 2.45) is 5.92 Å². The molecular formula is C12H14F3NO2S. The van der Waals surface area contributed by atoms with Crippen LogP contribution in [0.3, 0.4) is 0 Å². The maximum atomic E-state index is 13.2. The molecule has 0 saturated carbocycles. The zero-order valence-corrected chi connectivity index (χ0v) is 11.1. The minimum absolute atomic E-state index is 0.0286. The molecular weight excluding hydrogens is 279 g/mol. The van der Waals surface area contributed by atoms with Gasteiger partial charge in [0.2, 0.25) is 0 Å². The minimum atomic E-state index is -3.09. The third-order valence-electron chi connectivity index (χ3n) is 3.42. The number of hydrogen-bond acceptors (Lipinski definition) is 3. The van der Waals surface area contributed by atoms with E-state index in [2.05, 4.69) is 5.32 Å². The van der Waals surface area contributed by atoms with E-state index in [0.29, 0.717) is 6.42 Å². The van der Waals surface area contributed by atoms with Crippen molar-refractivity contribution in [2.75, 3.05) is 18.6 Å². The van der Waals surface area contributed by atoms with E-state index in [1.165, 1.54) is 0 Å². The predicted octanol–water partition coefficient (Wildman–Crippen LogP) is 1.80. The van der Waals surface area contributed by atoms with Crippen molar-refractivity contribution in [3.05, 3.63) is 35.1 Å². The summed E-state index contributed by atoms with van der Waals surface area (Å²) >= 11 is 0. The summed E-state index contributed by atoms with van der Waals surface area (Å²) in [5, 5.41) is 2.85. The molecule has 3 nitrogen and oxygen atoms in total. The molecule has 0 bridgehead atoms. The Kier molecular flexibility index (Phi) is 3.87. The van der Waals surface area contributed by atoms with Gasteiger partial charge in [-0.15, -0.1) is 0 Å². The fourth-order valence-electron chi connectivity index (χ4n) is 2.52. The van der Waals surface area contributed by atoms with Crippen LogP contribution >= 0.6 is 0 Å². The highest BCUT2D eigenvalue weighted by Crippen LogP contribution is 2.32. The number of nitrogens with one attached hydrogen (secondary N) is 1. The highest BCUT2D eigenvalue weighted by Gasteiger charge is 2.34. The lowest BCUT2D eigenvalue weighted by molar-refractivity contribution is 0.403. The van der Waals surface area contributed by atoms with Crippen LogP contribution in [0.4, 0.5) is 13.2 Å². The molecule has 19 heavy (non-hydrogen) atoms. The average molecular weight is 293 g/mol. The van der Waals surface area contributed by atoms with Crippen molar-refractivity contribution < 1.29 is 21.6 Å². The Labute approximate surface area is 109 Å². The second-order valence-electron chi connectivity index (χ2n) is 4.73. The first-order valence-corrected chi connectivity index (χ1v) is 7.68. The van der Waals surface area contributed by atoms with Crippen LogP contribution in [0.1, 0.15) is 18.0 Å². The lowest BCUT2D eigenvalue weighted by atomic mass is 9.92. The monoisotopic (exact) mass is 293 g/mol. The molecule has 106 valence electrons. The van der Waals surface area contributed by atoms with E-state index in [1.54, 1.807) is 7.05 Å². The fraction of sp³-hybridized carbons (Fsp3) is 0.500. The number of rotatable bonds is 3. The van der Waals surface area contributed by atoms with E-state index in [4.69, 9.17) is 0 Å². The van der Waals surface area contributed by atoms with Crippen LogP contribution in [-0.2, 0) is 9.84 Å². The largest absolute Gasteiger partial charge is 0.313 e. The first-order valence-electron chi connectivity index (χ1n) is 5.86. The van der Waals surface area contributed by atoms with Crippen LogP contribution in [0.15, 0.2) is 12.1 Å². The second kappa shape index (κ2) is 5.13. The van der Waals surface area contributed by atoms with Gasteiger partial charge in [-0.1, -0.05) is 0 Å². The highest BCUT2D eigenvalue weighted by molar-refractivity contribution is 7.91. The summed E-state index contributed by atoms with van der Waals surface area (Å²) in [6.07, 6.45) is 0.425. The van der Waals surface area contributed by atoms with Crippen LogP contribution in [0.25, 0.3) is 0 Å². The summed E-state index contributed by atoms with van der Waals surface area (Å²) in [4.78, 5) is 0. The molecule has 1 aromatic carbocycles. The molecule has 0 radical (unpaired) electrons. The van der Waals surface area contributed by atoms with Gasteiger partial charge in [0.25, 0.3) is 0 Å². The summed E-state index contributed by atoms with van der Waals surface area (Å²) in [5.41, 5.74) is 0.223. The van der Waals surface area contributed by atoms with Gasteiger partial charge in [-0.05, 0) is 37.1 Å². The lowest BCUT2D eigenvalue weighted by Crippen LogP contribution is -2.26. The number of halogens is 3. The molecule has 1 heterocycles. The van der Waals surface area contributed by atoms with Crippen molar-refractivity contribution >= 4 is 9.84 Å². The van der Waals surface area contributed by atoms with E-state index >= 15 is 0 Å². The van der Waals surface area contributed by atoms with Gasteiger partial charge in [-0.25, -0.2) is 21.6 Å².